The fourth-order valence-electron chi connectivity index (χ4n) is 2.34. The van der Waals surface area contributed by atoms with Crippen molar-refractivity contribution >= 4 is 11.9 Å². The summed E-state index contributed by atoms with van der Waals surface area (Å²) in [6, 6.07) is 15.0. The van der Waals surface area contributed by atoms with Crippen molar-refractivity contribution in [1.82, 2.24) is 5.32 Å². The van der Waals surface area contributed by atoms with Crippen molar-refractivity contribution in [3.63, 3.8) is 0 Å². The molecule has 5 heteroatoms. The van der Waals surface area contributed by atoms with Gasteiger partial charge in [-0.05, 0) is 23.3 Å². The molecule has 2 N–H and O–H groups in total. The average Bonchev–Trinajstić information content (AvgIpc) is 2.54. The van der Waals surface area contributed by atoms with Crippen LogP contribution in [0.5, 0.6) is 0 Å². The zero-order valence-corrected chi connectivity index (χ0v) is 12.5. The predicted molar refractivity (Wildman–Crippen MR) is 84.3 cm³/mol. The molecule has 1 atom stereocenters. The van der Waals surface area contributed by atoms with Gasteiger partial charge in [-0.1, -0.05) is 42.5 Å². The zero-order valence-electron chi connectivity index (χ0n) is 12.5. The van der Waals surface area contributed by atoms with Gasteiger partial charge < -0.3 is 10.4 Å². The fraction of sp³-hybridized carbons (Fsp3) is 0.222. The van der Waals surface area contributed by atoms with E-state index < -0.39 is 5.97 Å². The number of hydrogen-bond donors (Lipinski definition) is 2. The van der Waals surface area contributed by atoms with Gasteiger partial charge in [-0.3, -0.25) is 9.59 Å². The van der Waals surface area contributed by atoms with Crippen molar-refractivity contribution in [1.29, 1.82) is 0 Å². The smallest absolute Gasteiger partial charge is 0.303 e. The average molecular weight is 315 g/mol. The molecule has 0 aromatic heterocycles. The normalized spacial score (nSPS) is 11.7. The van der Waals surface area contributed by atoms with Gasteiger partial charge in [0.15, 0.2) is 0 Å². The van der Waals surface area contributed by atoms with E-state index in [-0.39, 0.29) is 37.0 Å². The summed E-state index contributed by atoms with van der Waals surface area (Å²) >= 11 is 0. The number of amides is 1. The molecular weight excluding hydrogens is 297 g/mol. The van der Waals surface area contributed by atoms with Gasteiger partial charge in [0.05, 0.1) is 6.42 Å². The molecule has 0 saturated heterocycles. The Bertz CT molecular complexity index is 656. The fourth-order valence-corrected chi connectivity index (χ4v) is 2.34. The Labute approximate surface area is 134 Å². The predicted octanol–water partition coefficient (Wildman–Crippen LogP) is 3.09. The molecule has 0 radical (unpaired) electrons. The lowest BCUT2D eigenvalue weighted by molar-refractivity contribution is -0.137. The van der Waals surface area contributed by atoms with Crippen LogP contribution in [0, 0.1) is 5.82 Å². The van der Waals surface area contributed by atoms with Crippen LogP contribution in [0.3, 0.4) is 0 Å². The molecule has 2 aromatic carbocycles. The van der Waals surface area contributed by atoms with Crippen molar-refractivity contribution in [2.24, 2.45) is 0 Å². The highest BCUT2D eigenvalue weighted by atomic mass is 19.1. The number of rotatable bonds is 7. The minimum Gasteiger partial charge on any atom is -0.481 e. The molecule has 0 saturated carbocycles. The molecule has 0 aliphatic carbocycles. The van der Waals surface area contributed by atoms with Crippen molar-refractivity contribution in [3.05, 3.63) is 71.5 Å². The van der Waals surface area contributed by atoms with Crippen LogP contribution < -0.4 is 5.32 Å². The Balaban J connectivity index is 1.94. The molecule has 0 spiro atoms. The molecule has 23 heavy (non-hydrogen) atoms. The molecule has 0 aliphatic heterocycles. The third kappa shape index (κ3) is 5.54. The number of nitrogens with one attached hydrogen (secondary N) is 1. The van der Waals surface area contributed by atoms with E-state index in [1.807, 2.05) is 30.3 Å². The van der Waals surface area contributed by atoms with Crippen LogP contribution in [0.15, 0.2) is 54.6 Å². The van der Waals surface area contributed by atoms with Crippen molar-refractivity contribution < 1.29 is 19.1 Å². The second kappa shape index (κ2) is 8.08. The third-order valence-corrected chi connectivity index (χ3v) is 3.53. The highest BCUT2D eigenvalue weighted by molar-refractivity contribution is 5.78. The van der Waals surface area contributed by atoms with E-state index >= 15 is 0 Å². The first-order valence-corrected chi connectivity index (χ1v) is 7.32. The highest BCUT2D eigenvalue weighted by Crippen LogP contribution is 2.23. The maximum atomic E-state index is 12.8. The molecular formula is C18H18FNO3. The summed E-state index contributed by atoms with van der Waals surface area (Å²) in [6.07, 6.45) is -0.00844. The SMILES string of the molecule is O=C(O)CC(CC(=O)NCc1ccc(F)cc1)c1ccccc1. The first-order chi connectivity index (χ1) is 11.0. The molecule has 2 aromatic rings. The molecule has 0 bridgehead atoms. The maximum Gasteiger partial charge on any atom is 0.303 e. The van der Waals surface area contributed by atoms with Gasteiger partial charge in [0.1, 0.15) is 5.82 Å². The third-order valence-electron chi connectivity index (χ3n) is 3.53. The quantitative estimate of drug-likeness (QED) is 0.825. The van der Waals surface area contributed by atoms with Crippen LogP contribution in [0.25, 0.3) is 0 Å². The summed E-state index contributed by atoms with van der Waals surface area (Å²) in [5, 5.41) is 11.8. The number of carboxylic acids is 1. The number of halogens is 1. The van der Waals surface area contributed by atoms with Gasteiger partial charge >= 0.3 is 5.97 Å². The molecule has 1 unspecified atom stereocenters. The van der Waals surface area contributed by atoms with Crippen molar-refractivity contribution in [2.45, 2.75) is 25.3 Å². The van der Waals surface area contributed by atoms with Crippen LogP contribution in [-0.4, -0.2) is 17.0 Å². The molecule has 0 fully saturated rings. The number of carbonyl (C=O) groups excluding carboxylic acids is 1. The monoisotopic (exact) mass is 315 g/mol. The maximum absolute atomic E-state index is 12.8. The van der Waals surface area contributed by atoms with Crippen LogP contribution in [-0.2, 0) is 16.1 Å². The Morgan fingerprint density at radius 2 is 1.65 bits per heavy atom. The van der Waals surface area contributed by atoms with Gasteiger partial charge in [-0.2, -0.15) is 0 Å². The number of aliphatic carboxylic acids is 1. The molecule has 2 rings (SSSR count). The largest absolute Gasteiger partial charge is 0.481 e. The Hall–Kier alpha value is -2.69. The van der Waals surface area contributed by atoms with E-state index in [0.717, 1.165) is 11.1 Å². The summed E-state index contributed by atoms with van der Waals surface area (Å²) < 4.78 is 12.8. The Kier molecular flexibility index (Phi) is 5.86. The van der Waals surface area contributed by atoms with E-state index in [2.05, 4.69) is 5.32 Å². The summed E-state index contributed by atoms with van der Waals surface area (Å²) in [5.41, 5.74) is 1.61. The highest BCUT2D eigenvalue weighted by Gasteiger charge is 2.19. The van der Waals surface area contributed by atoms with Crippen LogP contribution in [0.4, 0.5) is 4.39 Å². The first-order valence-electron chi connectivity index (χ1n) is 7.32. The van der Waals surface area contributed by atoms with Gasteiger partial charge in [0.2, 0.25) is 5.91 Å². The van der Waals surface area contributed by atoms with Gasteiger partial charge in [-0.15, -0.1) is 0 Å². The lowest BCUT2D eigenvalue weighted by Gasteiger charge is -2.15. The molecule has 0 heterocycles. The number of hydrogen-bond acceptors (Lipinski definition) is 2. The van der Waals surface area contributed by atoms with E-state index in [9.17, 15) is 14.0 Å². The van der Waals surface area contributed by atoms with Crippen LogP contribution in [0.2, 0.25) is 0 Å². The van der Waals surface area contributed by atoms with E-state index in [1.165, 1.54) is 12.1 Å². The van der Waals surface area contributed by atoms with E-state index in [0.29, 0.717) is 0 Å². The van der Waals surface area contributed by atoms with Gasteiger partial charge in [0, 0.05) is 18.9 Å². The molecule has 1 amide bonds. The van der Waals surface area contributed by atoms with E-state index in [4.69, 9.17) is 5.11 Å². The molecule has 4 nitrogen and oxygen atoms in total. The van der Waals surface area contributed by atoms with Gasteiger partial charge in [0.25, 0.3) is 0 Å². The topological polar surface area (TPSA) is 66.4 Å². The summed E-state index contributed by atoms with van der Waals surface area (Å²) in [7, 11) is 0. The molecule has 0 aliphatic rings. The number of carbonyl (C=O) groups is 2. The van der Waals surface area contributed by atoms with Crippen LogP contribution >= 0.6 is 0 Å². The standard InChI is InChI=1S/C18H18FNO3/c19-16-8-6-13(7-9-16)12-20-17(21)10-15(11-18(22)23)14-4-2-1-3-5-14/h1-9,15H,10-12H2,(H,20,21)(H,22,23). The Morgan fingerprint density at radius 3 is 2.26 bits per heavy atom. The van der Waals surface area contributed by atoms with Crippen molar-refractivity contribution in [3.8, 4) is 0 Å². The minimum atomic E-state index is -0.940. The summed E-state index contributed by atoms with van der Waals surface area (Å²) in [4.78, 5) is 23.1. The van der Waals surface area contributed by atoms with E-state index in [1.54, 1.807) is 12.1 Å². The lowest BCUT2D eigenvalue weighted by Crippen LogP contribution is -2.25. The van der Waals surface area contributed by atoms with Crippen LogP contribution in [0.1, 0.15) is 29.9 Å². The zero-order chi connectivity index (χ0) is 16.7. The Morgan fingerprint density at radius 1 is 1.00 bits per heavy atom. The van der Waals surface area contributed by atoms with Crippen molar-refractivity contribution in [2.75, 3.05) is 0 Å². The first kappa shape index (κ1) is 16.7. The number of carboxylic acid groups (broad SMARTS) is 1. The summed E-state index contributed by atoms with van der Waals surface area (Å²) in [6.45, 7) is 0.285. The second-order valence-electron chi connectivity index (χ2n) is 5.31. The lowest BCUT2D eigenvalue weighted by atomic mass is 9.92. The number of benzene rings is 2. The van der Waals surface area contributed by atoms with Gasteiger partial charge in [-0.25, -0.2) is 4.39 Å². The second-order valence-corrected chi connectivity index (χ2v) is 5.31. The summed E-state index contributed by atoms with van der Waals surface area (Å²) in [5.74, 6) is -1.87. The molecule has 120 valence electrons. The minimum absolute atomic E-state index is 0.0948.